The van der Waals surface area contributed by atoms with E-state index in [1.807, 2.05) is 12.1 Å². The van der Waals surface area contributed by atoms with Gasteiger partial charge >= 0.3 is 116 Å². The zero-order valence-electron chi connectivity index (χ0n) is 10.2. The zero-order chi connectivity index (χ0) is 12.5. The van der Waals surface area contributed by atoms with Crippen molar-refractivity contribution in [1.82, 2.24) is 7.96 Å². The van der Waals surface area contributed by atoms with E-state index in [-0.39, 0.29) is 15.0 Å². The summed E-state index contributed by atoms with van der Waals surface area (Å²) in [6, 6.07) is 8.62. The molecule has 1 unspecified atom stereocenters. The Hall–Kier alpha value is -1.16. The van der Waals surface area contributed by atoms with E-state index in [9.17, 15) is 0 Å². The van der Waals surface area contributed by atoms with Gasteiger partial charge in [0.25, 0.3) is 0 Å². The molecular formula is C13H13N3SSe. The van der Waals surface area contributed by atoms with Crippen molar-refractivity contribution in [3.05, 3.63) is 40.1 Å². The zero-order valence-corrected chi connectivity index (χ0v) is 12.7. The van der Waals surface area contributed by atoms with E-state index in [0.29, 0.717) is 6.04 Å². The second-order valence-corrected chi connectivity index (χ2v) is 6.33. The van der Waals surface area contributed by atoms with E-state index in [1.54, 1.807) is 11.3 Å². The molecule has 3 nitrogen and oxygen atoms in total. The van der Waals surface area contributed by atoms with Crippen molar-refractivity contribution in [1.29, 1.82) is 0 Å². The number of aromatic nitrogens is 2. The first-order valence-corrected chi connectivity index (χ1v) is 8.18. The van der Waals surface area contributed by atoms with Gasteiger partial charge in [0, 0.05) is 0 Å². The van der Waals surface area contributed by atoms with Crippen molar-refractivity contribution in [2.24, 2.45) is 0 Å². The number of benzene rings is 1. The topological polar surface area (TPSA) is 37.8 Å². The maximum absolute atomic E-state index is 4.49. The standard InChI is InChI=1S/C13H13N3SSe/c1-8-6-7-17-13(8)9(2)14-10-4-3-5-11-12(10)16-18-15-11/h3-7,9,14H,1-2H3. The van der Waals surface area contributed by atoms with Gasteiger partial charge in [-0.3, -0.25) is 0 Å². The summed E-state index contributed by atoms with van der Waals surface area (Å²) in [6.07, 6.45) is 0. The number of nitrogens with one attached hydrogen (secondary N) is 1. The molecular weight excluding hydrogens is 309 g/mol. The van der Waals surface area contributed by atoms with Crippen molar-refractivity contribution in [2.75, 3.05) is 5.32 Å². The molecule has 3 aromatic rings. The van der Waals surface area contributed by atoms with Crippen molar-refractivity contribution < 1.29 is 0 Å². The van der Waals surface area contributed by atoms with Crippen LogP contribution in [-0.4, -0.2) is 22.9 Å². The Labute approximate surface area is 116 Å². The normalized spacial score (nSPS) is 12.8. The Morgan fingerprint density at radius 1 is 1.28 bits per heavy atom. The monoisotopic (exact) mass is 323 g/mol. The fourth-order valence-corrected chi connectivity index (χ4v) is 4.14. The molecule has 1 N–H and O–H groups in total. The number of rotatable bonds is 3. The predicted octanol–water partition coefficient (Wildman–Crippen LogP) is 3.23. The average Bonchev–Trinajstić information content (AvgIpc) is 2.97. The summed E-state index contributed by atoms with van der Waals surface area (Å²) in [4.78, 5) is 1.38. The third-order valence-corrected chi connectivity index (χ3v) is 5.29. The first-order valence-electron chi connectivity index (χ1n) is 5.77. The van der Waals surface area contributed by atoms with E-state index in [4.69, 9.17) is 0 Å². The maximum atomic E-state index is 4.49. The Morgan fingerprint density at radius 3 is 2.94 bits per heavy atom. The molecule has 1 aromatic carbocycles. The molecule has 0 amide bonds. The molecule has 0 aliphatic heterocycles. The molecule has 2 heterocycles. The molecule has 0 saturated heterocycles. The Kier molecular flexibility index (Phi) is 3.20. The van der Waals surface area contributed by atoms with Gasteiger partial charge in [-0.15, -0.1) is 0 Å². The molecule has 0 bridgehead atoms. The Bertz CT molecular complexity index is 673. The van der Waals surface area contributed by atoms with Crippen molar-refractivity contribution in [2.45, 2.75) is 19.9 Å². The van der Waals surface area contributed by atoms with Crippen molar-refractivity contribution >= 4 is 43.0 Å². The van der Waals surface area contributed by atoms with Crippen LogP contribution >= 0.6 is 11.3 Å². The van der Waals surface area contributed by atoms with Crippen LogP contribution in [0.25, 0.3) is 11.0 Å². The molecule has 92 valence electrons. The molecule has 0 aliphatic carbocycles. The third-order valence-electron chi connectivity index (χ3n) is 2.95. The van der Waals surface area contributed by atoms with Gasteiger partial charge in [0.2, 0.25) is 0 Å². The first kappa shape index (κ1) is 11.9. The van der Waals surface area contributed by atoms with Gasteiger partial charge in [0.05, 0.1) is 0 Å². The van der Waals surface area contributed by atoms with Gasteiger partial charge in [-0.2, -0.15) is 0 Å². The van der Waals surface area contributed by atoms with Crippen LogP contribution in [0.15, 0.2) is 29.6 Å². The Balaban J connectivity index is 1.93. The average molecular weight is 322 g/mol. The van der Waals surface area contributed by atoms with Crippen molar-refractivity contribution in [3.8, 4) is 0 Å². The number of fused-ring (bicyclic) bond motifs is 1. The van der Waals surface area contributed by atoms with Gasteiger partial charge in [0.1, 0.15) is 0 Å². The predicted molar refractivity (Wildman–Crippen MR) is 77.6 cm³/mol. The van der Waals surface area contributed by atoms with E-state index < -0.39 is 0 Å². The molecule has 5 heteroatoms. The van der Waals surface area contributed by atoms with Crippen LogP contribution < -0.4 is 5.32 Å². The summed E-state index contributed by atoms with van der Waals surface area (Å²) < 4.78 is 8.90. The third kappa shape index (κ3) is 2.09. The SMILES string of the molecule is Cc1ccsc1C(C)Nc1cccc2n[se]nc12. The van der Waals surface area contributed by atoms with Gasteiger partial charge in [-0.05, 0) is 0 Å². The van der Waals surface area contributed by atoms with Crippen LogP contribution in [0.3, 0.4) is 0 Å². The molecule has 18 heavy (non-hydrogen) atoms. The van der Waals surface area contributed by atoms with Gasteiger partial charge < -0.3 is 0 Å². The number of anilines is 1. The van der Waals surface area contributed by atoms with Crippen LogP contribution in [-0.2, 0) is 0 Å². The molecule has 3 rings (SSSR count). The summed E-state index contributed by atoms with van der Waals surface area (Å²) in [5.74, 6) is 0. The number of aryl methyl sites for hydroxylation is 1. The van der Waals surface area contributed by atoms with Crippen LogP contribution in [0.4, 0.5) is 5.69 Å². The fraction of sp³-hybridized carbons (Fsp3) is 0.231. The second-order valence-electron chi connectivity index (χ2n) is 4.27. The second kappa shape index (κ2) is 4.84. The Morgan fingerprint density at radius 2 is 2.17 bits per heavy atom. The van der Waals surface area contributed by atoms with Crippen LogP contribution in [0.1, 0.15) is 23.4 Å². The van der Waals surface area contributed by atoms with Crippen LogP contribution in [0.2, 0.25) is 0 Å². The molecule has 0 spiro atoms. The van der Waals surface area contributed by atoms with Crippen LogP contribution in [0, 0.1) is 6.92 Å². The minimum absolute atomic E-state index is 0.0300. The molecule has 1 atom stereocenters. The fourth-order valence-electron chi connectivity index (χ4n) is 2.05. The molecule has 0 aliphatic rings. The van der Waals surface area contributed by atoms with E-state index in [1.165, 1.54) is 10.4 Å². The summed E-state index contributed by atoms with van der Waals surface area (Å²) in [5, 5.41) is 5.69. The molecule has 0 fully saturated rings. The molecule has 0 saturated carbocycles. The number of hydrogen-bond donors (Lipinski definition) is 1. The molecule has 0 radical (unpaired) electrons. The summed E-state index contributed by atoms with van der Waals surface area (Å²) in [7, 11) is 0. The number of hydrogen-bond acceptors (Lipinski definition) is 4. The van der Waals surface area contributed by atoms with Gasteiger partial charge in [-0.1, -0.05) is 0 Å². The summed E-state index contributed by atoms with van der Waals surface area (Å²) >= 11 is 1.83. The summed E-state index contributed by atoms with van der Waals surface area (Å²) in [6.45, 7) is 4.34. The van der Waals surface area contributed by atoms with Gasteiger partial charge in [0.15, 0.2) is 0 Å². The number of nitrogens with zero attached hydrogens (tertiary/aromatic N) is 2. The quantitative estimate of drug-likeness (QED) is 0.752. The molecule has 2 aromatic heterocycles. The van der Waals surface area contributed by atoms with Gasteiger partial charge in [-0.25, -0.2) is 0 Å². The van der Waals surface area contributed by atoms with Crippen LogP contribution in [0.5, 0.6) is 0 Å². The van der Waals surface area contributed by atoms with Crippen molar-refractivity contribution in [3.63, 3.8) is 0 Å². The van der Waals surface area contributed by atoms with E-state index in [0.717, 1.165) is 16.7 Å². The first-order chi connectivity index (χ1) is 8.75. The van der Waals surface area contributed by atoms with E-state index >= 15 is 0 Å². The summed E-state index contributed by atoms with van der Waals surface area (Å²) in [5.41, 5.74) is 4.49. The minimum atomic E-state index is 0.0300. The number of thiophene rings is 1. The van der Waals surface area contributed by atoms with E-state index in [2.05, 4.69) is 44.6 Å².